The molecule has 0 saturated heterocycles. The fourth-order valence-electron chi connectivity index (χ4n) is 3.43. The van der Waals surface area contributed by atoms with E-state index >= 15 is 0 Å². The van der Waals surface area contributed by atoms with Gasteiger partial charge >= 0.3 is 5.97 Å². The zero-order chi connectivity index (χ0) is 15.6. The van der Waals surface area contributed by atoms with Crippen LogP contribution in [0.5, 0.6) is 5.75 Å². The molecule has 0 spiro atoms. The van der Waals surface area contributed by atoms with Gasteiger partial charge in [0, 0.05) is 11.8 Å². The molecule has 2 N–H and O–H groups in total. The topological polar surface area (TPSA) is 61.5 Å². The zero-order valence-electron chi connectivity index (χ0n) is 13.3. The first-order valence-corrected chi connectivity index (χ1v) is 7.44. The summed E-state index contributed by atoms with van der Waals surface area (Å²) in [6.45, 7) is 6.67. The monoisotopic (exact) mass is 291 g/mol. The number of rotatable bonds is 3. The van der Waals surface area contributed by atoms with Crippen molar-refractivity contribution in [3.63, 3.8) is 0 Å². The highest BCUT2D eigenvalue weighted by atomic mass is 16.5. The van der Waals surface area contributed by atoms with Crippen molar-refractivity contribution in [3.8, 4) is 5.75 Å². The van der Waals surface area contributed by atoms with Gasteiger partial charge in [-0.3, -0.25) is 0 Å². The molecule has 21 heavy (non-hydrogen) atoms. The van der Waals surface area contributed by atoms with Crippen LogP contribution in [0.15, 0.2) is 18.2 Å². The van der Waals surface area contributed by atoms with Gasteiger partial charge in [0.15, 0.2) is 0 Å². The lowest BCUT2D eigenvalue weighted by Crippen LogP contribution is -2.34. The molecule has 4 heteroatoms. The number of carbonyl (C=O) groups excluding carboxylic acids is 1. The molecule has 1 saturated carbocycles. The molecule has 1 fully saturated rings. The minimum atomic E-state index is -0.324. The number of esters is 1. The maximum Gasteiger partial charge on any atom is 0.338 e. The lowest BCUT2D eigenvalue weighted by atomic mass is 9.71. The van der Waals surface area contributed by atoms with Crippen molar-refractivity contribution in [2.45, 2.75) is 46.1 Å². The Bertz CT molecular complexity index is 525. The fourth-order valence-corrected chi connectivity index (χ4v) is 3.43. The maximum atomic E-state index is 12.3. The summed E-state index contributed by atoms with van der Waals surface area (Å²) in [5, 5.41) is 0. The molecule has 1 aromatic rings. The molecule has 2 unspecified atom stereocenters. The summed E-state index contributed by atoms with van der Waals surface area (Å²) in [7, 11) is 1.55. The van der Waals surface area contributed by atoms with Crippen molar-refractivity contribution in [3.05, 3.63) is 23.8 Å². The minimum Gasteiger partial charge on any atom is -0.497 e. The third-order valence-electron chi connectivity index (χ3n) is 4.02. The highest BCUT2D eigenvalue weighted by Crippen LogP contribution is 2.40. The summed E-state index contributed by atoms with van der Waals surface area (Å²) in [5.41, 5.74) is 6.95. The Morgan fingerprint density at radius 2 is 2.00 bits per heavy atom. The molecule has 0 aliphatic heterocycles. The zero-order valence-corrected chi connectivity index (χ0v) is 13.3. The first kappa shape index (κ1) is 15.7. The summed E-state index contributed by atoms with van der Waals surface area (Å²) < 4.78 is 10.8. The van der Waals surface area contributed by atoms with E-state index in [-0.39, 0.29) is 17.5 Å². The Morgan fingerprint density at radius 1 is 1.29 bits per heavy atom. The van der Waals surface area contributed by atoms with Crippen LogP contribution in [0.3, 0.4) is 0 Å². The van der Waals surface area contributed by atoms with E-state index in [4.69, 9.17) is 15.2 Å². The van der Waals surface area contributed by atoms with Crippen LogP contribution in [0.2, 0.25) is 0 Å². The van der Waals surface area contributed by atoms with Crippen LogP contribution in [0.1, 0.15) is 50.4 Å². The van der Waals surface area contributed by atoms with E-state index in [1.54, 1.807) is 25.3 Å². The lowest BCUT2D eigenvalue weighted by Gasteiger charge is -2.38. The fraction of sp³-hybridized carbons (Fsp3) is 0.588. The van der Waals surface area contributed by atoms with Crippen LogP contribution in [0.25, 0.3) is 0 Å². The second-order valence-electron chi connectivity index (χ2n) is 6.94. The van der Waals surface area contributed by atoms with Crippen molar-refractivity contribution < 1.29 is 14.3 Å². The third-order valence-corrected chi connectivity index (χ3v) is 4.02. The van der Waals surface area contributed by atoms with Crippen LogP contribution in [0, 0.1) is 11.3 Å². The Hall–Kier alpha value is -1.71. The van der Waals surface area contributed by atoms with Crippen LogP contribution < -0.4 is 10.5 Å². The van der Waals surface area contributed by atoms with Crippen molar-refractivity contribution in [1.29, 1.82) is 0 Å². The number of ether oxygens (including phenoxy) is 2. The first-order valence-electron chi connectivity index (χ1n) is 7.44. The molecule has 4 nitrogen and oxygen atoms in total. The van der Waals surface area contributed by atoms with Crippen LogP contribution in [-0.4, -0.2) is 19.2 Å². The van der Waals surface area contributed by atoms with E-state index in [1.807, 2.05) is 0 Å². The van der Waals surface area contributed by atoms with Crippen molar-refractivity contribution >= 4 is 11.7 Å². The predicted molar refractivity (Wildman–Crippen MR) is 83.4 cm³/mol. The molecule has 1 aliphatic carbocycles. The predicted octanol–water partition coefficient (Wildman–Crippen LogP) is 3.65. The summed E-state index contributed by atoms with van der Waals surface area (Å²) in [5.74, 6) is 0.816. The summed E-state index contributed by atoms with van der Waals surface area (Å²) in [6.07, 6.45) is 2.98. The molecule has 0 bridgehead atoms. The minimum absolute atomic E-state index is 0.0244. The second-order valence-corrected chi connectivity index (χ2v) is 6.94. The molecule has 0 aromatic heterocycles. The van der Waals surface area contributed by atoms with Gasteiger partial charge in [-0.1, -0.05) is 20.8 Å². The first-order chi connectivity index (χ1) is 9.79. The Labute approximate surface area is 126 Å². The van der Waals surface area contributed by atoms with Crippen molar-refractivity contribution in [2.75, 3.05) is 12.8 Å². The van der Waals surface area contributed by atoms with E-state index in [0.29, 0.717) is 22.9 Å². The van der Waals surface area contributed by atoms with Gasteiger partial charge in [0.25, 0.3) is 0 Å². The van der Waals surface area contributed by atoms with Gasteiger partial charge in [-0.25, -0.2) is 4.79 Å². The number of nitrogens with two attached hydrogens (primary N) is 1. The molecule has 2 atom stereocenters. The number of hydrogen-bond donors (Lipinski definition) is 1. The number of anilines is 1. The van der Waals surface area contributed by atoms with E-state index in [0.717, 1.165) is 12.8 Å². The smallest absolute Gasteiger partial charge is 0.338 e. The highest BCUT2D eigenvalue weighted by Gasteiger charge is 2.34. The maximum absolute atomic E-state index is 12.3. The number of benzene rings is 1. The highest BCUT2D eigenvalue weighted by molar-refractivity contribution is 5.91. The standard InChI is InChI=1S/C17H25NO3/c1-11-5-15(10-17(2,3)9-11)21-16(19)12-6-13(18)8-14(7-12)20-4/h6-8,11,15H,5,9-10,18H2,1-4H3. The number of hydrogen-bond acceptors (Lipinski definition) is 4. The molecule has 1 aliphatic rings. The van der Waals surface area contributed by atoms with Gasteiger partial charge < -0.3 is 15.2 Å². The van der Waals surface area contributed by atoms with E-state index < -0.39 is 0 Å². The summed E-state index contributed by atoms with van der Waals surface area (Å²) >= 11 is 0. The lowest BCUT2D eigenvalue weighted by molar-refractivity contribution is -0.00716. The second kappa shape index (κ2) is 5.96. The SMILES string of the molecule is COc1cc(N)cc(C(=O)OC2CC(C)CC(C)(C)C2)c1. The molecular formula is C17H25NO3. The van der Waals surface area contributed by atoms with E-state index in [1.165, 1.54) is 6.42 Å². The van der Waals surface area contributed by atoms with Gasteiger partial charge in [0.05, 0.1) is 12.7 Å². The molecule has 0 radical (unpaired) electrons. The summed E-state index contributed by atoms with van der Waals surface area (Å²) in [6, 6.07) is 4.97. The van der Waals surface area contributed by atoms with Gasteiger partial charge in [0.2, 0.25) is 0 Å². The molecule has 0 amide bonds. The van der Waals surface area contributed by atoms with Gasteiger partial charge in [-0.15, -0.1) is 0 Å². The van der Waals surface area contributed by atoms with Crippen LogP contribution >= 0.6 is 0 Å². The average Bonchev–Trinajstić information content (AvgIpc) is 2.35. The molecule has 0 heterocycles. The van der Waals surface area contributed by atoms with Crippen molar-refractivity contribution in [2.24, 2.45) is 11.3 Å². The quantitative estimate of drug-likeness (QED) is 0.682. The number of methoxy groups -OCH3 is 1. The Kier molecular flexibility index (Phi) is 4.45. The Morgan fingerprint density at radius 3 is 2.62 bits per heavy atom. The number of carbonyl (C=O) groups is 1. The molecular weight excluding hydrogens is 266 g/mol. The molecule has 116 valence electrons. The van der Waals surface area contributed by atoms with Gasteiger partial charge in [0.1, 0.15) is 11.9 Å². The Balaban J connectivity index is 2.09. The summed E-state index contributed by atoms with van der Waals surface area (Å²) in [4.78, 5) is 12.3. The van der Waals surface area contributed by atoms with E-state index in [9.17, 15) is 4.79 Å². The van der Waals surface area contributed by atoms with Gasteiger partial charge in [-0.2, -0.15) is 0 Å². The van der Waals surface area contributed by atoms with Crippen LogP contribution in [-0.2, 0) is 4.74 Å². The average molecular weight is 291 g/mol. The number of nitrogen functional groups attached to an aromatic ring is 1. The normalized spacial score (nSPS) is 24.4. The van der Waals surface area contributed by atoms with E-state index in [2.05, 4.69) is 20.8 Å². The largest absolute Gasteiger partial charge is 0.497 e. The van der Waals surface area contributed by atoms with Crippen LogP contribution in [0.4, 0.5) is 5.69 Å². The van der Waals surface area contributed by atoms with Crippen molar-refractivity contribution in [1.82, 2.24) is 0 Å². The third kappa shape index (κ3) is 4.13. The molecule has 2 rings (SSSR count). The van der Waals surface area contributed by atoms with Gasteiger partial charge in [-0.05, 0) is 42.7 Å². The molecule has 1 aromatic carbocycles.